The van der Waals surface area contributed by atoms with Crippen molar-refractivity contribution in [2.45, 2.75) is 20.3 Å². The minimum atomic E-state index is -0.293. The van der Waals surface area contributed by atoms with E-state index in [1.165, 1.54) is 6.21 Å². The molecule has 1 amide bonds. The maximum absolute atomic E-state index is 11.9. The molecule has 0 fully saturated rings. The van der Waals surface area contributed by atoms with Gasteiger partial charge in [0.1, 0.15) is 0 Å². The summed E-state index contributed by atoms with van der Waals surface area (Å²) in [4.78, 5) is 23.7. The number of hydrazone groups is 1. The van der Waals surface area contributed by atoms with Crippen molar-refractivity contribution in [1.82, 2.24) is 5.43 Å². The van der Waals surface area contributed by atoms with E-state index in [-0.39, 0.29) is 18.1 Å². The number of rotatable bonds is 5. The van der Waals surface area contributed by atoms with Crippen LogP contribution in [0, 0.1) is 13.8 Å². The molecule has 2 aromatic carbocycles. The van der Waals surface area contributed by atoms with Crippen LogP contribution in [0.4, 0.5) is 0 Å². The number of aryl methyl sites for hydroxylation is 2. The van der Waals surface area contributed by atoms with Crippen LogP contribution in [0.2, 0.25) is 0 Å². The van der Waals surface area contributed by atoms with Crippen molar-refractivity contribution in [2.75, 3.05) is 0 Å². The van der Waals surface area contributed by atoms with Crippen LogP contribution in [0.25, 0.3) is 0 Å². The number of nitrogens with zero attached hydrogens (tertiary/aromatic N) is 1. The Morgan fingerprint density at radius 1 is 0.909 bits per heavy atom. The zero-order valence-electron chi connectivity index (χ0n) is 12.7. The molecule has 0 radical (unpaired) electrons. The van der Waals surface area contributed by atoms with Gasteiger partial charge in [0.25, 0.3) is 5.91 Å². The van der Waals surface area contributed by atoms with Crippen molar-refractivity contribution in [3.8, 4) is 0 Å². The molecule has 4 nitrogen and oxygen atoms in total. The van der Waals surface area contributed by atoms with Crippen LogP contribution in [0.5, 0.6) is 0 Å². The maximum atomic E-state index is 11.9. The zero-order valence-corrected chi connectivity index (χ0v) is 12.7. The number of ketones is 1. The number of amides is 1. The first kappa shape index (κ1) is 15.6. The Morgan fingerprint density at radius 3 is 1.95 bits per heavy atom. The molecule has 0 atom stereocenters. The highest BCUT2D eigenvalue weighted by molar-refractivity contribution is 6.03. The molecule has 0 aliphatic rings. The second-order valence-electron chi connectivity index (χ2n) is 5.11. The summed E-state index contributed by atoms with van der Waals surface area (Å²) < 4.78 is 0. The molecule has 0 saturated carbocycles. The molecule has 0 heterocycles. The molecule has 0 aliphatic heterocycles. The number of hydrogen-bond acceptors (Lipinski definition) is 3. The van der Waals surface area contributed by atoms with Gasteiger partial charge in [-0.05, 0) is 26.0 Å². The number of carbonyl (C=O) groups is 2. The fourth-order valence-electron chi connectivity index (χ4n) is 1.86. The van der Waals surface area contributed by atoms with E-state index in [0.29, 0.717) is 11.1 Å². The van der Waals surface area contributed by atoms with Gasteiger partial charge in [0.15, 0.2) is 5.78 Å². The summed E-state index contributed by atoms with van der Waals surface area (Å²) in [5.74, 6) is -0.327. The Labute approximate surface area is 129 Å². The van der Waals surface area contributed by atoms with Crippen molar-refractivity contribution in [3.63, 3.8) is 0 Å². The molecule has 0 bridgehead atoms. The van der Waals surface area contributed by atoms with Gasteiger partial charge in [0, 0.05) is 23.8 Å². The smallest absolute Gasteiger partial charge is 0.271 e. The lowest BCUT2D eigenvalue weighted by Crippen LogP contribution is -2.17. The maximum Gasteiger partial charge on any atom is 0.271 e. The third-order valence-corrected chi connectivity index (χ3v) is 3.22. The fraction of sp³-hybridized carbons (Fsp3) is 0.167. The zero-order chi connectivity index (χ0) is 15.9. The molecule has 0 spiro atoms. The minimum absolute atomic E-state index is 0.0339. The van der Waals surface area contributed by atoms with E-state index in [4.69, 9.17) is 0 Å². The van der Waals surface area contributed by atoms with Gasteiger partial charge < -0.3 is 0 Å². The lowest BCUT2D eigenvalue weighted by Gasteiger charge is -2.00. The molecule has 22 heavy (non-hydrogen) atoms. The molecular formula is C18H18N2O2. The Hall–Kier alpha value is -2.75. The highest BCUT2D eigenvalue weighted by Crippen LogP contribution is 2.05. The second kappa shape index (κ2) is 7.31. The van der Waals surface area contributed by atoms with Crippen molar-refractivity contribution in [1.29, 1.82) is 0 Å². The molecule has 4 heteroatoms. The van der Waals surface area contributed by atoms with Gasteiger partial charge in [-0.1, -0.05) is 47.5 Å². The van der Waals surface area contributed by atoms with E-state index in [2.05, 4.69) is 10.5 Å². The normalized spacial score (nSPS) is 10.6. The van der Waals surface area contributed by atoms with E-state index >= 15 is 0 Å². The van der Waals surface area contributed by atoms with Crippen LogP contribution in [-0.2, 0) is 0 Å². The van der Waals surface area contributed by atoms with Gasteiger partial charge >= 0.3 is 0 Å². The molecule has 0 unspecified atom stereocenters. The predicted molar refractivity (Wildman–Crippen MR) is 87.3 cm³/mol. The summed E-state index contributed by atoms with van der Waals surface area (Å²) in [6.45, 7) is 3.92. The van der Waals surface area contributed by atoms with Gasteiger partial charge in [0.05, 0.1) is 0 Å². The summed E-state index contributed by atoms with van der Waals surface area (Å²) >= 11 is 0. The molecule has 0 saturated heterocycles. The monoisotopic (exact) mass is 294 g/mol. The van der Waals surface area contributed by atoms with Gasteiger partial charge in [-0.15, -0.1) is 0 Å². The number of Topliss-reactive ketones (excluding diaryl/α,β-unsaturated/α-hetero) is 1. The topological polar surface area (TPSA) is 58.5 Å². The van der Waals surface area contributed by atoms with Crippen molar-refractivity contribution in [2.24, 2.45) is 5.10 Å². The third kappa shape index (κ3) is 4.38. The van der Waals surface area contributed by atoms with Crippen molar-refractivity contribution in [3.05, 3.63) is 70.8 Å². The molecular weight excluding hydrogens is 276 g/mol. The molecule has 2 aromatic rings. The van der Waals surface area contributed by atoms with Gasteiger partial charge in [0.2, 0.25) is 0 Å². The third-order valence-electron chi connectivity index (χ3n) is 3.22. The summed E-state index contributed by atoms with van der Waals surface area (Å²) in [6.07, 6.45) is 1.56. The van der Waals surface area contributed by atoms with Crippen LogP contribution in [0.1, 0.15) is 38.3 Å². The SMILES string of the molecule is Cc1ccc(C(=O)C/C=N\NC(=O)c2ccc(C)cc2)cc1. The highest BCUT2D eigenvalue weighted by Gasteiger charge is 2.04. The average Bonchev–Trinajstić information content (AvgIpc) is 2.52. The number of nitrogens with one attached hydrogen (secondary N) is 1. The molecule has 2 rings (SSSR count). The quantitative estimate of drug-likeness (QED) is 0.522. The Bertz CT molecular complexity index is 625. The van der Waals surface area contributed by atoms with Crippen LogP contribution in [0.15, 0.2) is 53.6 Å². The van der Waals surface area contributed by atoms with Gasteiger partial charge in [-0.25, -0.2) is 5.43 Å². The van der Waals surface area contributed by atoms with Crippen LogP contribution in [0.3, 0.4) is 0 Å². The predicted octanol–water partition coefficient (Wildman–Crippen LogP) is 3.29. The molecule has 112 valence electrons. The van der Waals surface area contributed by atoms with Crippen molar-refractivity contribution >= 4 is 17.9 Å². The summed E-state index contributed by atoms with van der Waals surface area (Å²) in [5, 5.41) is 3.81. The molecule has 0 aliphatic carbocycles. The Balaban J connectivity index is 1.85. The van der Waals surface area contributed by atoms with E-state index in [0.717, 1.165) is 11.1 Å². The molecule has 0 aromatic heterocycles. The van der Waals surface area contributed by atoms with Crippen LogP contribution < -0.4 is 5.43 Å². The summed E-state index contributed by atoms with van der Waals surface area (Å²) in [6, 6.07) is 14.5. The van der Waals surface area contributed by atoms with Crippen molar-refractivity contribution < 1.29 is 9.59 Å². The standard InChI is InChI=1S/C18H18N2O2/c1-13-3-7-15(8-4-13)17(21)11-12-19-20-18(22)16-9-5-14(2)6-10-16/h3-10,12H,11H2,1-2H3,(H,20,22)/b19-12-. The van der Waals surface area contributed by atoms with E-state index in [1.807, 2.05) is 38.1 Å². The summed E-state index contributed by atoms with van der Waals surface area (Å²) in [7, 11) is 0. The van der Waals surface area contributed by atoms with Crippen LogP contribution >= 0.6 is 0 Å². The summed E-state index contributed by atoms with van der Waals surface area (Å²) in [5.41, 5.74) is 5.78. The lowest BCUT2D eigenvalue weighted by molar-refractivity contribution is 0.0951. The lowest BCUT2D eigenvalue weighted by atomic mass is 10.1. The minimum Gasteiger partial charge on any atom is -0.294 e. The number of hydrogen-bond donors (Lipinski definition) is 1. The van der Waals surface area contributed by atoms with E-state index in [9.17, 15) is 9.59 Å². The van der Waals surface area contributed by atoms with Gasteiger partial charge in [-0.2, -0.15) is 5.10 Å². The number of benzene rings is 2. The Kier molecular flexibility index (Phi) is 5.20. The first-order valence-electron chi connectivity index (χ1n) is 7.04. The fourth-order valence-corrected chi connectivity index (χ4v) is 1.86. The van der Waals surface area contributed by atoms with Crippen LogP contribution in [-0.4, -0.2) is 17.9 Å². The van der Waals surface area contributed by atoms with E-state index < -0.39 is 0 Å². The largest absolute Gasteiger partial charge is 0.294 e. The average molecular weight is 294 g/mol. The number of carbonyl (C=O) groups excluding carboxylic acids is 2. The second-order valence-corrected chi connectivity index (χ2v) is 5.11. The van der Waals surface area contributed by atoms with Gasteiger partial charge in [-0.3, -0.25) is 9.59 Å². The first-order chi connectivity index (χ1) is 10.6. The Morgan fingerprint density at radius 2 is 1.41 bits per heavy atom. The first-order valence-corrected chi connectivity index (χ1v) is 7.04. The van der Waals surface area contributed by atoms with E-state index in [1.54, 1.807) is 24.3 Å². The molecule has 1 N–H and O–H groups in total. The highest BCUT2D eigenvalue weighted by atomic mass is 16.2.